The van der Waals surface area contributed by atoms with Gasteiger partial charge in [-0.15, -0.1) is 0 Å². The number of nitrogens with two attached hydrogens (primary N) is 1. The van der Waals surface area contributed by atoms with Crippen molar-refractivity contribution in [2.45, 2.75) is 13.0 Å². The highest BCUT2D eigenvalue weighted by atomic mass is 19.3. The summed E-state index contributed by atoms with van der Waals surface area (Å²) in [5, 5.41) is 0. The lowest BCUT2D eigenvalue weighted by molar-refractivity contribution is 0.0592. The van der Waals surface area contributed by atoms with Gasteiger partial charge in [-0.1, -0.05) is 0 Å². The molecule has 4 nitrogen and oxygen atoms in total. The van der Waals surface area contributed by atoms with Gasteiger partial charge in [0.1, 0.15) is 5.56 Å². The lowest BCUT2D eigenvalue weighted by Gasteiger charge is -2.11. The molecule has 0 atom stereocenters. The molecule has 0 amide bonds. The maximum Gasteiger partial charge on any atom is 0.342 e. The van der Waals surface area contributed by atoms with Crippen LogP contribution >= 0.6 is 0 Å². The molecule has 88 valence electrons. The highest BCUT2D eigenvalue weighted by Gasteiger charge is 2.24. The molecule has 0 fully saturated rings. The summed E-state index contributed by atoms with van der Waals surface area (Å²) in [6, 6.07) is 0. The van der Waals surface area contributed by atoms with Crippen LogP contribution in [-0.4, -0.2) is 18.1 Å². The van der Waals surface area contributed by atoms with Crippen LogP contribution in [-0.2, 0) is 11.3 Å². The number of carbonyl (C=O) groups is 1. The minimum Gasteiger partial charge on any atom is -0.465 e. The topological polar surface area (TPSA) is 65.2 Å². The van der Waals surface area contributed by atoms with Crippen LogP contribution in [0.3, 0.4) is 0 Å². The number of methoxy groups -OCH3 is 1. The van der Waals surface area contributed by atoms with E-state index in [0.29, 0.717) is 6.20 Å². The summed E-state index contributed by atoms with van der Waals surface area (Å²) in [6.07, 6.45) is -2.22. The summed E-state index contributed by atoms with van der Waals surface area (Å²) in [5.41, 5.74) is 3.73. The Labute approximate surface area is 89.2 Å². The second kappa shape index (κ2) is 4.93. The molecule has 2 N–H and O–H groups in total. The van der Waals surface area contributed by atoms with E-state index >= 15 is 0 Å². The Morgan fingerprint density at radius 3 is 2.69 bits per heavy atom. The standard InChI is InChI=1S/C9H9F3N2O2/c1-16-9(15)6-4(2-13)5(7(10)11)3-14-8(6)12/h3,7H,2,13H2,1H3. The molecule has 1 rings (SSSR count). The van der Waals surface area contributed by atoms with Crippen LogP contribution in [0.4, 0.5) is 13.2 Å². The molecular weight excluding hydrogens is 225 g/mol. The van der Waals surface area contributed by atoms with Crippen LogP contribution in [0.2, 0.25) is 0 Å². The van der Waals surface area contributed by atoms with Gasteiger partial charge in [-0.05, 0) is 5.56 Å². The minimum absolute atomic E-state index is 0.283. The normalized spacial score (nSPS) is 10.6. The van der Waals surface area contributed by atoms with Crippen LogP contribution in [0, 0.1) is 5.95 Å². The van der Waals surface area contributed by atoms with E-state index in [4.69, 9.17) is 5.73 Å². The number of pyridine rings is 1. The minimum atomic E-state index is -2.88. The zero-order chi connectivity index (χ0) is 12.3. The van der Waals surface area contributed by atoms with Gasteiger partial charge >= 0.3 is 5.97 Å². The van der Waals surface area contributed by atoms with Crippen molar-refractivity contribution in [2.24, 2.45) is 5.73 Å². The molecule has 16 heavy (non-hydrogen) atoms. The van der Waals surface area contributed by atoms with Crippen LogP contribution in [0.1, 0.15) is 27.9 Å². The maximum absolute atomic E-state index is 13.2. The predicted molar refractivity (Wildman–Crippen MR) is 48.4 cm³/mol. The van der Waals surface area contributed by atoms with Gasteiger partial charge in [0, 0.05) is 18.3 Å². The summed E-state index contributed by atoms with van der Waals surface area (Å²) < 4.78 is 42.5. The number of rotatable bonds is 3. The number of hydrogen-bond acceptors (Lipinski definition) is 4. The largest absolute Gasteiger partial charge is 0.465 e. The molecule has 7 heteroatoms. The van der Waals surface area contributed by atoms with Gasteiger partial charge in [0.05, 0.1) is 7.11 Å². The van der Waals surface area contributed by atoms with Gasteiger partial charge in [0.25, 0.3) is 6.43 Å². The van der Waals surface area contributed by atoms with Crippen molar-refractivity contribution in [3.05, 3.63) is 28.8 Å². The molecule has 1 aromatic rings. The highest BCUT2D eigenvalue weighted by Crippen LogP contribution is 2.26. The molecule has 1 heterocycles. The summed E-state index contributed by atoms with van der Waals surface area (Å²) in [4.78, 5) is 14.3. The molecule has 0 saturated heterocycles. The van der Waals surface area contributed by atoms with E-state index < -0.39 is 36.0 Å². The number of esters is 1. The van der Waals surface area contributed by atoms with E-state index in [-0.39, 0.29) is 5.56 Å². The van der Waals surface area contributed by atoms with Crippen molar-refractivity contribution in [2.75, 3.05) is 7.11 Å². The number of alkyl halides is 2. The second-order valence-corrected chi connectivity index (χ2v) is 2.85. The van der Waals surface area contributed by atoms with E-state index in [1.165, 1.54) is 0 Å². The van der Waals surface area contributed by atoms with Crippen LogP contribution in [0.5, 0.6) is 0 Å². The van der Waals surface area contributed by atoms with Gasteiger partial charge in [-0.25, -0.2) is 18.6 Å². The van der Waals surface area contributed by atoms with Crippen molar-refractivity contribution < 1.29 is 22.7 Å². The van der Waals surface area contributed by atoms with Crippen molar-refractivity contribution >= 4 is 5.97 Å². The molecule has 0 saturated carbocycles. The summed E-state index contributed by atoms with van der Waals surface area (Å²) >= 11 is 0. The number of hydrogen-bond donors (Lipinski definition) is 1. The van der Waals surface area contributed by atoms with E-state index in [1.54, 1.807) is 0 Å². The van der Waals surface area contributed by atoms with Gasteiger partial charge in [-0.3, -0.25) is 0 Å². The fourth-order valence-corrected chi connectivity index (χ4v) is 1.25. The van der Waals surface area contributed by atoms with E-state index in [1.807, 2.05) is 0 Å². The fraction of sp³-hybridized carbons (Fsp3) is 0.333. The lowest BCUT2D eigenvalue weighted by atomic mass is 10.0. The quantitative estimate of drug-likeness (QED) is 0.634. The molecule has 0 aliphatic rings. The van der Waals surface area contributed by atoms with E-state index in [9.17, 15) is 18.0 Å². The Kier molecular flexibility index (Phi) is 3.83. The number of carbonyl (C=O) groups excluding carboxylic acids is 1. The molecule has 0 aliphatic heterocycles. The first-order valence-corrected chi connectivity index (χ1v) is 4.26. The number of aromatic nitrogens is 1. The molecule has 0 radical (unpaired) electrons. The Morgan fingerprint density at radius 1 is 1.62 bits per heavy atom. The number of ether oxygens (including phenoxy) is 1. The van der Waals surface area contributed by atoms with E-state index in [0.717, 1.165) is 7.11 Å². The van der Waals surface area contributed by atoms with Gasteiger partial charge in [0.2, 0.25) is 5.95 Å². The zero-order valence-corrected chi connectivity index (χ0v) is 8.34. The van der Waals surface area contributed by atoms with E-state index in [2.05, 4.69) is 9.72 Å². The molecule has 0 unspecified atom stereocenters. The molecule has 0 aliphatic carbocycles. The lowest BCUT2D eigenvalue weighted by Crippen LogP contribution is -2.15. The highest BCUT2D eigenvalue weighted by molar-refractivity contribution is 5.91. The maximum atomic E-state index is 13.2. The molecular formula is C9H9F3N2O2. The number of halogens is 3. The number of nitrogens with zero attached hydrogens (tertiary/aromatic N) is 1. The summed E-state index contributed by atoms with van der Waals surface area (Å²) in [5.74, 6) is -2.25. The van der Waals surface area contributed by atoms with Gasteiger partial charge in [-0.2, -0.15) is 4.39 Å². The van der Waals surface area contributed by atoms with Crippen molar-refractivity contribution in [1.29, 1.82) is 0 Å². The Morgan fingerprint density at radius 2 is 2.25 bits per heavy atom. The molecule has 1 aromatic heterocycles. The Bertz CT molecular complexity index is 410. The van der Waals surface area contributed by atoms with Crippen molar-refractivity contribution in [3.63, 3.8) is 0 Å². The first-order valence-electron chi connectivity index (χ1n) is 4.26. The van der Waals surface area contributed by atoms with Crippen molar-refractivity contribution in [3.8, 4) is 0 Å². The average molecular weight is 234 g/mol. The smallest absolute Gasteiger partial charge is 0.342 e. The summed E-state index contributed by atoms with van der Waals surface area (Å²) in [7, 11) is 1.01. The monoisotopic (exact) mass is 234 g/mol. The first-order chi connectivity index (χ1) is 7.52. The third kappa shape index (κ3) is 2.13. The van der Waals surface area contributed by atoms with Crippen LogP contribution < -0.4 is 5.73 Å². The predicted octanol–water partition coefficient (Wildman–Crippen LogP) is 1.40. The SMILES string of the molecule is COC(=O)c1c(F)ncc(C(F)F)c1CN. The van der Waals surface area contributed by atoms with Crippen molar-refractivity contribution in [1.82, 2.24) is 4.98 Å². The molecule has 0 aromatic carbocycles. The third-order valence-electron chi connectivity index (χ3n) is 2.00. The third-order valence-corrected chi connectivity index (χ3v) is 2.00. The average Bonchev–Trinajstić information content (AvgIpc) is 2.26. The first kappa shape index (κ1) is 12.4. The Balaban J connectivity index is 3.44. The Hall–Kier alpha value is -1.63. The van der Waals surface area contributed by atoms with Crippen LogP contribution in [0.15, 0.2) is 6.20 Å². The van der Waals surface area contributed by atoms with Crippen LogP contribution in [0.25, 0.3) is 0 Å². The molecule has 0 spiro atoms. The summed E-state index contributed by atoms with van der Waals surface area (Å²) in [6.45, 7) is -0.399. The second-order valence-electron chi connectivity index (χ2n) is 2.85. The zero-order valence-electron chi connectivity index (χ0n) is 8.34. The van der Waals surface area contributed by atoms with Gasteiger partial charge < -0.3 is 10.5 Å². The molecule has 0 bridgehead atoms. The van der Waals surface area contributed by atoms with Gasteiger partial charge in [0.15, 0.2) is 0 Å². The fourth-order valence-electron chi connectivity index (χ4n) is 1.25.